The van der Waals surface area contributed by atoms with E-state index >= 15 is 0 Å². The van der Waals surface area contributed by atoms with Crippen molar-refractivity contribution in [2.75, 3.05) is 20.2 Å². The average molecular weight is 199 g/mol. The Morgan fingerprint density at radius 1 is 1.21 bits per heavy atom. The van der Waals surface area contributed by atoms with E-state index in [0.29, 0.717) is 13.1 Å². The zero-order chi connectivity index (χ0) is 10.8. The second-order valence-electron chi connectivity index (χ2n) is 4.45. The molecule has 0 spiro atoms. The summed E-state index contributed by atoms with van der Waals surface area (Å²) < 4.78 is 4.39. The minimum Gasteiger partial charge on any atom is -0.462 e. The molecule has 0 atom stereocenters. The van der Waals surface area contributed by atoms with Gasteiger partial charge in [0.15, 0.2) is 0 Å². The minimum atomic E-state index is -0.760. The van der Waals surface area contributed by atoms with E-state index in [1.807, 2.05) is 0 Å². The molecule has 14 heavy (non-hydrogen) atoms. The minimum absolute atomic E-state index is 0.285. The van der Waals surface area contributed by atoms with Crippen molar-refractivity contribution in [2.45, 2.75) is 26.7 Å². The molecule has 4 heteroatoms. The molecule has 0 aromatic carbocycles. The Morgan fingerprint density at radius 2 is 1.71 bits per heavy atom. The number of rotatable bonds is 0. The Balaban J connectivity index is 2.50. The predicted octanol–water partition coefficient (Wildman–Crippen LogP) is 0.808. The molecule has 1 saturated heterocycles. The van der Waals surface area contributed by atoms with Crippen molar-refractivity contribution in [1.29, 1.82) is 0 Å². The molecule has 0 N–H and O–H groups in total. The summed E-state index contributed by atoms with van der Waals surface area (Å²) in [7, 11) is 1.23. The fourth-order valence-corrected chi connectivity index (χ4v) is 1.53. The van der Waals surface area contributed by atoms with Gasteiger partial charge in [-0.2, -0.15) is 0 Å². The van der Waals surface area contributed by atoms with Gasteiger partial charge in [-0.25, -0.2) is 4.79 Å². The largest absolute Gasteiger partial charge is 0.462 e. The molecule has 0 aromatic heterocycles. The van der Waals surface area contributed by atoms with Gasteiger partial charge in [0.1, 0.15) is 0 Å². The molecule has 1 aliphatic heterocycles. The lowest BCUT2D eigenvalue weighted by Crippen LogP contribution is -2.44. The number of piperidine rings is 1. The highest BCUT2D eigenvalue weighted by Gasteiger charge is 2.30. The van der Waals surface area contributed by atoms with E-state index < -0.39 is 11.9 Å². The van der Waals surface area contributed by atoms with E-state index in [0.717, 1.165) is 12.8 Å². The van der Waals surface area contributed by atoms with Crippen molar-refractivity contribution in [2.24, 2.45) is 5.41 Å². The van der Waals surface area contributed by atoms with Crippen LogP contribution in [0.1, 0.15) is 26.7 Å². The number of hydrogen-bond donors (Lipinski definition) is 0. The van der Waals surface area contributed by atoms with E-state index in [1.54, 1.807) is 4.90 Å². The zero-order valence-electron chi connectivity index (χ0n) is 9.00. The van der Waals surface area contributed by atoms with Crippen LogP contribution in [0.4, 0.5) is 0 Å². The van der Waals surface area contributed by atoms with Crippen molar-refractivity contribution < 1.29 is 14.3 Å². The number of likely N-dealkylation sites (tertiary alicyclic amines) is 1. The molecule has 0 unspecified atom stereocenters. The molecule has 0 radical (unpaired) electrons. The van der Waals surface area contributed by atoms with Gasteiger partial charge >= 0.3 is 11.9 Å². The van der Waals surface area contributed by atoms with E-state index in [2.05, 4.69) is 18.6 Å². The van der Waals surface area contributed by atoms with Crippen LogP contribution in [0.2, 0.25) is 0 Å². The van der Waals surface area contributed by atoms with Gasteiger partial charge in [0.25, 0.3) is 0 Å². The molecular weight excluding hydrogens is 182 g/mol. The van der Waals surface area contributed by atoms with Gasteiger partial charge in [-0.3, -0.25) is 4.79 Å². The summed E-state index contributed by atoms with van der Waals surface area (Å²) in [4.78, 5) is 23.9. The van der Waals surface area contributed by atoms with Gasteiger partial charge < -0.3 is 9.64 Å². The van der Waals surface area contributed by atoms with Crippen LogP contribution in [0.25, 0.3) is 0 Å². The number of nitrogens with zero attached hydrogens (tertiary/aromatic N) is 1. The molecule has 0 saturated carbocycles. The number of methoxy groups -OCH3 is 1. The number of hydrogen-bond acceptors (Lipinski definition) is 3. The van der Waals surface area contributed by atoms with Crippen LogP contribution < -0.4 is 0 Å². The quantitative estimate of drug-likeness (QED) is 0.428. The van der Waals surface area contributed by atoms with Gasteiger partial charge in [0.05, 0.1) is 7.11 Å². The van der Waals surface area contributed by atoms with E-state index in [1.165, 1.54) is 7.11 Å². The summed E-state index contributed by atoms with van der Waals surface area (Å²) in [6, 6.07) is 0. The van der Waals surface area contributed by atoms with Crippen molar-refractivity contribution in [3.05, 3.63) is 0 Å². The molecule has 1 rings (SSSR count). The summed E-state index contributed by atoms with van der Waals surface area (Å²) in [5.41, 5.74) is 0.285. The molecule has 0 aliphatic carbocycles. The van der Waals surface area contributed by atoms with Gasteiger partial charge in [-0.1, -0.05) is 13.8 Å². The molecule has 1 amide bonds. The molecular formula is C10H17NO3. The average Bonchev–Trinajstić information content (AvgIpc) is 2.15. The maximum Gasteiger partial charge on any atom is 0.396 e. The topological polar surface area (TPSA) is 46.6 Å². The second-order valence-corrected chi connectivity index (χ2v) is 4.45. The maximum atomic E-state index is 11.4. The van der Waals surface area contributed by atoms with Crippen LogP contribution >= 0.6 is 0 Å². The molecule has 4 nitrogen and oxygen atoms in total. The Bertz CT molecular complexity index is 238. The number of esters is 1. The van der Waals surface area contributed by atoms with Crippen LogP contribution in [0, 0.1) is 5.41 Å². The Morgan fingerprint density at radius 3 is 2.14 bits per heavy atom. The fraction of sp³-hybridized carbons (Fsp3) is 0.800. The Kier molecular flexibility index (Phi) is 3.13. The van der Waals surface area contributed by atoms with Crippen molar-refractivity contribution >= 4 is 11.9 Å². The van der Waals surface area contributed by atoms with Gasteiger partial charge in [-0.15, -0.1) is 0 Å². The lowest BCUT2D eigenvalue weighted by molar-refractivity contribution is -0.159. The normalized spacial score (nSPS) is 20.4. The highest BCUT2D eigenvalue weighted by atomic mass is 16.5. The lowest BCUT2D eigenvalue weighted by atomic mass is 9.83. The first-order valence-corrected chi connectivity index (χ1v) is 4.83. The smallest absolute Gasteiger partial charge is 0.396 e. The van der Waals surface area contributed by atoms with Crippen molar-refractivity contribution in [3.8, 4) is 0 Å². The second kappa shape index (κ2) is 3.98. The Hall–Kier alpha value is -1.06. The summed E-state index contributed by atoms with van der Waals surface area (Å²) in [5, 5.41) is 0. The summed E-state index contributed by atoms with van der Waals surface area (Å²) in [6.07, 6.45) is 1.88. The number of carbonyl (C=O) groups is 2. The van der Waals surface area contributed by atoms with Crippen LogP contribution in [0.5, 0.6) is 0 Å². The molecule has 80 valence electrons. The van der Waals surface area contributed by atoms with Gasteiger partial charge in [-0.05, 0) is 18.3 Å². The lowest BCUT2D eigenvalue weighted by Gasteiger charge is -2.36. The molecule has 1 heterocycles. The number of ether oxygens (including phenoxy) is 1. The molecule has 0 bridgehead atoms. The first-order chi connectivity index (χ1) is 6.46. The van der Waals surface area contributed by atoms with Crippen LogP contribution in [-0.2, 0) is 14.3 Å². The number of amides is 1. The third-order valence-corrected chi connectivity index (χ3v) is 2.76. The van der Waals surface area contributed by atoms with Crippen LogP contribution in [-0.4, -0.2) is 37.0 Å². The van der Waals surface area contributed by atoms with Crippen molar-refractivity contribution in [3.63, 3.8) is 0 Å². The number of carbonyl (C=O) groups excluding carboxylic acids is 2. The van der Waals surface area contributed by atoms with Gasteiger partial charge in [0.2, 0.25) is 0 Å². The zero-order valence-corrected chi connectivity index (χ0v) is 9.00. The third-order valence-electron chi connectivity index (χ3n) is 2.76. The third kappa shape index (κ3) is 2.47. The predicted molar refractivity (Wildman–Crippen MR) is 51.6 cm³/mol. The standard InChI is InChI=1S/C10H17NO3/c1-10(2)4-6-11(7-5-10)8(12)9(13)14-3/h4-7H2,1-3H3. The van der Waals surface area contributed by atoms with Crippen LogP contribution in [0.15, 0.2) is 0 Å². The van der Waals surface area contributed by atoms with E-state index in [9.17, 15) is 9.59 Å². The molecule has 0 aromatic rings. The fourth-order valence-electron chi connectivity index (χ4n) is 1.53. The molecule has 1 aliphatic rings. The van der Waals surface area contributed by atoms with E-state index in [-0.39, 0.29) is 5.41 Å². The Labute approximate surface area is 84.2 Å². The SMILES string of the molecule is COC(=O)C(=O)N1CCC(C)(C)CC1. The maximum absolute atomic E-state index is 11.4. The summed E-state index contributed by atoms with van der Waals surface area (Å²) >= 11 is 0. The summed E-state index contributed by atoms with van der Waals surface area (Å²) in [6.45, 7) is 5.65. The van der Waals surface area contributed by atoms with E-state index in [4.69, 9.17) is 0 Å². The first-order valence-electron chi connectivity index (χ1n) is 4.83. The monoisotopic (exact) mass is 199 g/mol. The highest BCUT2D eigenvalue weighted by molar-refractivity contribution is 6.32. The first kappa shape index (κ1) is 11.0. The van der Waals surface area contributed by atoms with Crippen LogP contribution in [0.3, 0.4) is 0 Å². The van der Waals surface area contributed by atoms with Gasteiger partial charge in [0, 0.05) is 13.1 Å². The molecule has 1 fully saturated rings. The van der Waals surface area contributed by atoms with Crippen molar-refractivity contribution in [1.82, 2.24) is 4.90 Å². The summed E-state index contributed by atoms with van der Waals surface area (Å²) in [5.74, 6) is -1.27. The highest BCUT2D eigenvalue weighted by Crippen LogP contribution is 2.29.